The predicted molar refractivity (Wildman–Crippen MR) is 94.3 cm³/mol. The van der Waals surface area contributed by atoms with Crippen LogP contribution in [0.15, 0.2) is 24.3 Å². The number of carbonyl (C=O) groups excluding carboxylic acids is 1. The number of anilines is 1. The zero-order chi connectivity index (χ0) is 16.2. The molecular formula is C19H29N3O. The molecule has 126 valence electrons. The fourth-order valence-corrected chi connectivity index (χ4v) is 4.01. The van der Waals surface area contributed by atoms with Crippen molar-refractivity contribution in [3.8, 4) is 0 Å². The van der Waals surface area contributed by atoms with E-state index in [2.05, 4.69) is 29.2 Å². The van der Waals surface area contributed by atoms with E-state index in [9.17, 15) is 4.79 Å². The number of hydrogen-bond acceptors (Lipinski definition) is 3. The molecule has 1 aromatic rings. The Kier molecular flexibility index (Phi) is 5.21. The van der Waals surface area contributed by atoms with Gasteiger partial charge >= 0.3 is 0 Å². The van der Waals surface area contributed by atoms with E-state index in [0.29, 0.717) is 6.54 Å². The van der Waals surface area contributed by atoms with Gasteiger partial charge in [0.2, 0.25) is 5.91 Å². The molecule has 1 saturated carbocycles. The third kappa shape index (κ3) is 3.86. The minimum atomic E-state index is 0.114. The van der Waals surface area contributed by atoms with Crippen LogP contribution in [0.1, 0.15) is 44.1 Å². The van der Waals surface area contributed by atoms with Crippen LogP contribution in [0.3, 0.4) is 0 Å². The molecular weight excluding hydrogens is 286 g/mol. The number of amides is 1. The first-order valence-corrected chi connectivity index (χ1v) is 8.98. The number of carbonyl (C=O) groups is 1. The summed E-state index contributed by atoms with van der Waals surface area (Å²) in [5.41, 5.74) is 8.60. The van der Waals surface area contributed by atoms with Crippen LogP contribution < -0.4 is 10.6 Å². The summed E-state index contributed by atoms with van der Waals surface area (Å²) < 4.78 is 0. The van der Waals surface area contributed by atoms with Crippen molar-refractivity contribution in [2.75, 3.05) is 25.0 Å². The molecule has 4 heteroatoms. The van der Waals surface area contributed by atoms with Crippen molar-refractivity contribution in [2.45, 2.75) is 51.1 Å². The third-order valence-corrected chi connectivity index (χ3v) is 5.29. The molecule has 0 aromatic heterocycles. The first kappa shape index (κ1) is 16.3. The second-order valence-electron chi connectivity index (χ2n) is 7.14. The molecule has 2 fully saturated rings. The molecule has 1 saturated heterocycles. The highest BCUT2D eigenvalue weighted by Crippen LogP contribution is 2.28. The summed E-state index contributed by atoms with van der Waals surface area (Å²) in [5.74, 6) is 0.374. The van der Waals surface area contributed by atoms with E-state index in [4.69, 9.17) is 5.73 Å². The summed E-state index contributed by atoms with van der Waals surface area (Å²) in [4.78, 5) is 17.1. The highest BCUT2D eigenvalue weighted by atomic mass is 16.2. The van der Waals surface area contributed by atoms with Crippen LogP contribution >= 0.6 is 0 Å². The summed E-state index contributed by atoms with van der Waals surface area (Å²) in [6.45, 7) is 2.95. The van der Waals surface area contributed by atoms with Crippen LogP contribution in [0.2, 0.25) is 0 Å². The topological polar surface area (TPSA) is 49.6 Å². The number of para-hydroxylation sites is 1. The summed E-state index contributed by atoms with van der Waals surface area (Å²) in [5, 5.41) is 0. The lowest BCUT2D eigenvalue weighted by atomic mass is 9.85. The van der Waals surface area contributed by atoms with E-state index < -0.39 is 0 Å². The molecule has 0 unspecified atom stereocenters. The second kappa shape index (κ2) is 7.35. The Bertz CT molecular complexity index is 539. The van der Waals surface area contributed by atoms with Crippen molar-refractivity contribution in [3.63, 3.8) is 0 Å². The quantitative estimate of drug-likeness (QED) is 0.929. The molecule has 1 amide bonds. The predicted octanol–water partition coefficient (Wildman–Crippen LogP) is 2.76. The van der Waals surface area contributed by atoms with Crippen molar-refractivity contribution in [3.05, 3.63) is 29.8 Å². The number of nitrogens with two attached hydrogens (primary N) is 1. The van der Waals surface area contributed by atoms with Gasteiger partial charge in [0.05, 0.1) is 0 Å². The summed E-state index contributed by atoms with van der Waals surface area (Å²) in [6.07, 6.45) is 6.51. The molecule has 1 aliphatic carbocycles. The lowest BCUT2D eigenvalue weighted by molar-refractivity contribution is -0.135. The van der Waals surface area contributed by atoms with Gasteiger partial charge < -0.3 is 15.5 Å². The van der Waals surface area contributed by atoms with Gasteiger partial charge in [0.15, 0.2) is 0 Å². The van der Waals surface area contributed by atoms with Gasteiger partial charge in [0.25, 0.3) is 0 Å². The summed E-state index contributed by atoms with van der Waals surface area (Å²) in [6, 6.07) is 8.71. The molecule has 23 heavy (non-hydrogen) atoms. The van der Waals surface area contributed by atoms with Crippen LogP contribution in [0, 0.1) is 5.92 Å². The maximum Gasteiger partial charge on any atom is 0.225 e. The van der Waals surface area contributed by atoms with Gasteiger partial charge in [0.1, 0.15) is 0 Å². The van der Waals surface area contributed by atoms with Gasteiger partial charge in [-0.2, -0.15) is 0 Å². The first-order valence-electron chi connectivity index (χ1n) is 8.98. The van der Waals surface area contributed by atoms with Crippen LogP contribution in [-0.2, 0) is 11.3 Å². The highest BCUT2D eigenvalue weighted by molar-refractivity contribution is 5.79. The maximum absolute atomic E-state index is 12.7. The largest absolute Gasteiger partial charge is 0.371 e. The zero-order valence-corrected chi connectivity index (χ0v) is 14.2. The van der Waals surface area contributed by atoms with Gasteiger partial charge in [0, 0.05) is 44.3 Å². The van der Waals surface area contributed by atoms with E-state index in [1.165, 1.54) is 24.1 Å². The molecule has 1 aromatic carbocycles. The normalized spacial score (nSPS) is 24.7. The van der Waals surface area contributed by atoms with Crippen LogP contribution in [0.25, 0.3) is 0 Å². The van der Waals surface area contributed by atoms with E-state index in [1.54, 1.807) is 0 Å². The van der Waals surface area contributed by atoms with Crippen LogP contribution in [-0.4, -0.2) is 37.0 Å². The van der Waals surface area contributed by atoms with E-state index in [-0.39, 0.29) is 17.9 Å². The monoisotopic (exact) mass is 315 g/mol. The molecule has 2 atom stereocenters. The van der Waals surface area contributed by atoms with Crippen molar-refractivity contribution >= 4 is 11.6 Å². The SMILES string of the molecule is CN(Cc1ccccc1N1CCCC1)C(=O)[C@H]1CCC[C@@H](N)C1. The van der Waals surface area contributed by atoms with Gasteiger partial charge in [-0.15, -0.1) is 0 Å². The minimum absolute atomic E-state index is 0.114. The Morgan fingerprint density at radius 2 is 1.96 bits per heavy atom. The molecule has 0 bridgehead atoms. The molecule has 3 rings (SSSR count). The summed E-state index contributed by atoms with van der Waals surface area (Å²) in [7, 11) is 1.93. The third-order valence-electron chi connectivity index (χ3n) is 5.29. The molecule has 0 radical (unpaired) electrons. The van der Waals surface area contributed by atoms with E-state index in [0.717, 1.165) is 38.8 Å². The van der Waals surface area contributed by atoms with Gasteiger partial charge in [-0.3, -0.25) is 4.79 Å². The van der Waals surface area contributed by atoms with Crippen molar-refractivity contribution in [1.82, 2.24) is 4.90 Å². The lowest BCUT2D eigenvalue weighted by Gasteiger charge is -2.30. The Morgan fingerprint density at radius 1 is 1.22 bits per heavy atom. The Labute approximate surface area is 139 Å². The van der Waals surface area contributed by atoms with Crippen molar-refractivity contribution in [2.24, 2.45) is 11.7 Å². The Hall–Kier alpha value is -1.55. The lowest BCUT2D eigenvalue weighted by Crippen LogP contribution is -2.38. The average molecular weight is 315 g/mol. The van der Waals surface area contributed by atoms with Gasteiger partial charge in [-0.05, 0) is 43.7 Å². The fraction of sp³-hybridized carbons (Fsp3) is 0.632. The number of rotatable bonds is 4. The average Bonchev–Trinajstić information content (AvgIpc) is 3.09. The van der Waals surface area contributed by atoms with Gasteiger partial charge in [-0.1, -0.05) is 24.6 Å². The van der Waals surface area contributed by atoms with Crippen LogP contribution in [0.4, 0.5) is 5.69 Å². The Balaban J connectivity index is 1.67. The maximum atomic E-state index is 12.7. The minimum Gasteiger partial charge on any atom is -0.371 e. The van der Waals surface area contributed by atoms with Crippen LogP contribution in [0.5, 0.6) is 0 Å². The van der Waals surface area contributed by atoms with E-state index >= 15 is 0 Å². The van der Waals surface area contributed by atoms with Crippen molar-refractivity contribution in [1.29, 1.82) is 0 Å². The fourth-order valence-electron chi connectivity index (χ4n) is 4.01. The summed E-state index contributed by atoms with van der Waals surface area (Å²) >= 11 is 0. The number of benzene rings is 1. The standard InChI is InChI=1S/C19H29N3O/c1-21(19(23)15-8-6-9-17(20)13-15)14-16-7-2-3-10-18(16)22-11-4-5-12-22/h2-3,7,10,15,17H,4-6,8-9,11-14,20H2,1H3/t15-,17+/m0/s1. The molecule has 2 aliphatic rings. The molecule has 4 nitrogen and oxygen atoms in total. The first-order chi connectivity index (χ1) is 11.1. The van der Waals surface area contributed by atoms with E-state index in [1.807, 2.05) is 11.9 Å². The number of hydrogen-bond donors (Lipinski definition) is 1. The molecule has 1 aliphatic heterocycles. The Morgan fingerprint density at radius 3 is 2.70 bits per heavy atom. The smallest absolute Gasteiger partial charge is 0.225 e. The van der Waals surface area contributed by atoms with Crippen molar-refractivity contribution < 1.29 is 4.79 Å². The molecule has 2 N–H and O–H groups in total. The molecule has 1 heterocycles. The van der Waals surface area contributed by atoms with Gasteiger partial charge in [-0.25, -0.2) is 0 Å². The zero-order valence-electron chi connectivity index (χ0n) is 14.2. The second-order valence-corrected chi connectivity index (χ2v) is 7.14. The number of nitrogens with zero attached hydrogens (tertiary/aromatic N) is 2. The molecule has 0 spiro atoms. The highest BCUT2D eigenvalue weighted by Gasteiger charge is 2.28.